The Morgan fingerprint density at radius 3 is 3.06 bits per heavy atom. The van der Waals surface area contributed by atoms with Gasteiger partial charge < -0.3 is 10.2 Å². The van der Waals surface area contributed by atoms with E-state index in [4.69, 9.17) is 0 Å². The summed E-state index contributed by atoms with van der Waals surface area (Å²) in [4.78, 5) is 16.7. The molecule has 2 heterocycles. The minimum absolute atomic E-state index is 0.0792. The molecule has 1 aromatic heterocycles. The number of likely N-dealkylation sites (N-methyl/N-ethyl adjacent to an activating group) is 1. The van der Waals surface area contributed by atoms with Crippen LogP contribution in [0.2, 0.25) is 0 Å². The van der Waals surface area contributed by atoms with Gasteiger partial charge in [0.05, 0.1) is 4.92 Å². The van der Waals surface area contributed by atoms with Crippen LogP contribution in [0.3, 0.4) is 0 Å². The van der Waals surface area contributed by atoms with Crippen LogP contribution in [0.1, 0.15) is 18.4 Å². The quantitative estimate of drug-likeness (QED) is 0.647. The fourth-order valence-corrected chi connectivity index (χ4v) is 2.30. The Hall–Kier alpha value is -1.69. The molecule has 1 N–H and O–H groups in total. The smallest absolute Gasteiger partial charge is 0.311 e. The Bertz CT molecular complexity index is 444. The molecule has 0 spiro atoms. The van der Waals surface area contributed by atoms with Gasteiger partial charge in [0.15, 0.2) is 0 Å². The maximum absolute atomic E-state index is 11.0. The van der Waals surface area contributed by atoms with Gasteiger partial charge in [0.2, 0.25) is 5.82 Å². The molecule has 0 radical (unpaired) electrons. The van der Waals surface area contributed by atoms with Gasteiger partial charge in [0.25, 0.3) is 0 Å². The molecule has 0 saturated carbocycles. The van der Waals surface area contributed by atoms with Crippen molar-refractivity contribution in [1.82, 2.24) is 10.3 Å². The van der Waals surface area contributed by atoms with Crippen LogP contribution in [0, 0.1) is 17.0 Å². The lowest BCUT2D eigenvalue weighted by atomic mass is 10.2. The van der Waals surface area contributed by atoms with Crippen molar-refractivity contribution >= 4 is 11.5 Å². The number of nitrogens with one attached hydrogen (secondary N) is 1. The monoisotopic (exact) mass is 250 g/mol. The molecule has 0 aromatic carbocycles. The number of hydrogen-bond acceptors (Lipinski definition) is 5. The summed E-state index contributed by atoms with van der Waals surface area (Å²) < 4.78 is 0. The largest absolute Gasteiger partial charge is 0.352 e. The number of aromatic nitrogens is 1. The first-order valence-corrected chi connectivity index (χ1v) is 6.13. The van der Waals surface area contributed by atoms with Gasteiger partial charge in [-0.05, 0) is 31.9 Å². The SMILES string of the molecule is Cc1cnc(N(C)CC2CCCN2)c([N+](=O)[O-])c1. The summed E-state index contributed by atoms with van der Waals surface area (Å²) in [6, 6.07) is 1.97. The van der Waals surface area contributed by atoms with Crippen molar-refractivity contribution in [3.05, 3.63) is 27.9 Å². The second kappa shape index (κ2) is 5.30. The number of aryl methyl sites for hydroxylation is 1. The van der Waals surface area contributed by atoms with E-state index in [0.29, 0.717) is 11.9 Å². The molecule has 1 atom stereocenters. The predicted molar refractivity (Wildman–Crippen MR) is 69.9 cm³/mol. The molecule has 1 saturated heterocycles. The molecule has 1 fully saturated rings. The zero-order valence-corrected chi connectivity index (χ0v) is 10.7. The zero-order valence-electron chi connectivity index (χ0n) is 10.7. The molecule has 0 aliphatic carbocycles. The van der Waals surface area contributed by atoms with E-state index in [-0.39, 0.29) is 10.6 Å². The lowest BCUT2D eigenvalue weighted by molar-refractivity contribution is -0.384. The van der Waals surface area contributed by atoms with Gasteiger partial charge in [-0.2, -0.15) is 0 Å². The van der Waals surface area contributed by atoms with E-state index in [0.717, 1.165) is 25.1 Å². The van der Waals surface area contributed by atoms with Crippen LogP contribution in [-0.4, -0.2) is 36.1 Å². The fourth-order valence-electron chi connectivity index (χ4n) is 2.30. The van der Waals surface area contributed by atoms with Gasteiger partial charge in [-0.15, -0.1) is 0 Å². The van der Waals surface area contributed by atoms with E-state index in [1.54, 1.807) is 12.3 Å². The van der Waals surface area contributed by atoms with Crippen molar-refractivity contribution in [3.8, 4) is 0 Å². The highest BCUT2D eigenvalue weighted by Gasteiger charge is 2.22. The van der Waals surface area contributed by atoms with Crippen molar-refractivity contribution in [2.24, 2.45) is 0 Å². The minimum atomic E-state index is -0.367. The fraction of sp³-hybridized carbons (Fsp3) is 0.583. The Balaban J connectivity index is 2.17. The molecule has 0 amide bonds. The molecule has 18 heavy (non-hydrogen) atoms. The van der Waals surface area contributed by atoms with Crippen LogP contribution in [0.5, 0.6) is 0 Å². The zero-order chi connectivity index (χ0) is 13.1. The first-order chi connectivity index (χ1) is 8.58. The van der Waals surface area contributed by atoms with Gasteiger partial charge in [0, 0.05) is 31.9 Å². The van der Waals surface area contributed by atoms with E-state index in [1.165, 1.54) is 6.42 Å². The van der Waals surface area contributed by atoms with Crippen LogP contribution in [0.25, 0.3) is 0 Å². The summed E-state index contributed by atoms with van der Waals surface area (Å²) in [5.74, 6) is 0.444. The second-order valence-corrected chi connectivity index (χ2v) is 4.79. The molecule has 1 unspecified atom stereocenters. The molecule has 98 valence electrons. The summed E-state index contributed by atoms with van der Waals surface area (Å²) in [6.07, 6.45) is 3.95. The third-order valence-corrected chi connectivity index (χ3v) is 3.20. The van der Waals surface area contributed by atoms with Crippen molar-refractivity contribution in [2.75, 3.05) is 25.0 Å². The summed E-state index contributed by atoms with van der Waals surface area (Å²) in [5.41, 5.74) is 0.883. The van der Waals surface area contributed by atoms with Crippen molar-refractivity contribution < 1.29 is 4.92 Å². The van der Waals surface area contributed by atoms with E-state index >= 15 is 0 Å². The number of nitrogens with zero attached hydrogens (tertiary/aromatic N) is 3. The Morgan fingerprint density at radius 2 is 2.44 bits per heavy atom. The Labute approximate surface area is 106 Å². The lowest BCUT2D eigenvalue weighted by Crippen LogP contribution is -2.35. The predicted octanol–water partition coefficient (Wildman–Crippen LogP) is 1.49. The maximum atomic E-state index is 11.0. The summed E-state index contributed by atoms with van der Waals surface area (Å²) in [5, 5.41) is 14.4. The number of hydrogen-bond donors (Lipinski definition) is 1. The summed E-state index contributed by atoms with van der Waals surface area (Å²) >= 11 is 0. The molecule has 6 heteroatoms. The molecule has 6 nitrogen and oxygen atoms in total. The summed E-state index contributed by atoms with van der Waals surface area (Å²) in [6.45, 7) is 3.58. The lowest BCUT2D eigenvalue weighted by Gasteiger charge is -2.22. The topological polar surface area (TPSA) is 71.3 Å². The first-order valence-electron chi connectivity index (χ1n) is 6.13. The molecule has 2 rings (SSSR count). The molecule has 1 aliphatic heterocycles. The van der Waals surface area contributed by atoms with Crippen LogP contribution in [0.4, 0.5) is 11.5 Å². The third-order valence-electron chi connectivity index (χ3n) is 3.20. The minimum Gasteiger partial charge on any atom is -0.352 e. The molecular weight excluding hydrogens is 232 g/mol. The number of rotatable bonds is 4. The Kier molecular flexibility index (Phi) is 3.76. The highest BCUT2D eigenvalue weighted by atomic mass is 16.6. The van der Waals surface area contributed by atoms with E-state index in [1.807, 2.05) is 18.9 Å². The van der Waals surface area contributed by atoms with Gasteiger partial charge in [0.1, 0.15) is 0 Å². The molecule has 1 aliphatic rings. The van der Waals surface area contributed by atoms with Crippen molar-refractivity contribution in [1.29, 1.82) is 0 Å². The molecule has 1 aromatic rings. The molecular formula is C12H18N4O2. The van der Waals surface area contributed by atoms with Gasteiger partial charge in [-0.1, -0.05) is 0 Å². The van der Waals surface area contributed by atoms with Crippen LogP contribution < -0.4 is 10.2 Å². The van der Waals surface area contributed by atoms with Crippen LogP contribution >= 0.6 is 0 Å². The maximum Gasteiger partial charge on any atom is 0.311 e. The number of pyridine rings is 1. The highest BCUT2D eigenvalue weighted by Crippen LogP contribution is 2.26. The second-order valence-electron chi connectivity index (χ2n) is 4.79. The summed E-state index contributed by atoms with van der Waals surface area (Å²) in [7, 11) is 1.85. The van der Waals surface area contributed by atoms with Crippen LogP contribution in [0.15, 0.2) is 12.3 Å². The van der Waals surface area contributed by atoms with Crippen LogP contribution in [-0.2, 0) is 0 Å². The van der Waals surface area contributed by atoms with Crippen molar-refractivity contribution in [3.63, 3.8) is 0 Å². The van der Waals surface area contributed by atoms with Gasteiger partial charge in [-0.3, -0.25) is 10.1 Å². The van der Waals surface area contributed by atoms with Gasteiger partial charge in [-0.25, -0.2) is 4.98 Å². The first kappa shape index (κ1) is 12.8. The van der Waals surface area contributed by atoms with Gasteiger partial charge >= 0.3 is 5.69 Å². The van der Waals surface area contributed by atoms with E-state index in [9.17, 15) is 10.1 Å². The normalized spacial score (nSPS) is 18.9. The Morgan fingerprint density at radius 1 is 1.67 bits per heavy atom. The third kappa shape index (κ3) is 2.76. The van der Waals surface area contributed by atoms with E-state index < -0.39 is 0 Å². The number of nitro groups is 1. The molecule has 0 bridgehead atoms. The average molecular weight is 250 g/mol. The standard InChI is InChI=1S/C12H18N4O2/c1-9-6-11(16(17)18)12(14-7-9)15(2)8-10-4-3-5-13-10/h6-7,10,13H,3-5,8H2,1-2H3. The highest BCUT2D eigenvalue weighted by molar-refractivity contribution is 5.58. The average Bonchev–Trinajstić information content (AvgIpc) is 2.81. The van der Waals surface area contributed by atoms with E-state index in [2.05, 4.69) is 10.3 Å². The number of anilines is 1. The van der Waals surface area contributed by atoms with Crippen molar-refractivity contribution in [2.45, 2.75) is 25.8 Å².